The minimum Gasteiger partial charge on any atom is -0.508 e. The molecule has 0 amide bonds. The Bertz CT molecular complexity index is 895. The van der Waals surface area contributed by atoms with Gasteiger partial charge in [0.2, 0.25) is 0 Å². The lowest BCUT2D eigenvalue weighted by atomic mass is 9.88. The van der Waals surface area contributed by atoms with Crippen molar-refractivity contribution in [1.82, 2.24) is 0 Å². The van der Waals surface area contributed by atoms with Gasteiger partial charge in [0.05, 0.1) is 13.5 Å². The molecule has 0 aromatic heterocycles. The fraction of sp³-hybridized carbons (Fsp3) is 0.0870. The maximum atomic E-state index is 12.1. The van der Waals surface area contributed by atoms with Crippen LogP contribution in [0, 0.1) is 0 Å². The summed E-state index contributed by atoms with van der Waals surface area (Å²) in [5.74, 6) is -0.0912. The number of aromatic hydroxyl groups is 1. The van der Waals surface area contributed by atoms with Crippen molar-refractivity contribution < 1.29 is 14.6 Å². The van der Waals surface area contributed by atoms with E-state index >= 15 is 0 Å². The Balaban J connectivity index is 2.28. The van der Waals surface area contributed by atoms with Gasteiger partial charge in [0.25, 0.3) is 0 Å². The first-order valence-electron chi connectivity index (χ1n) is 8.39. The molecular weight excluding hydrogens is 324 g/mol. The topological polar surface area (TPSA) is 46.5 Å². The number of phenolic OH excluding ortho intramolecular Hbond substituents is 1. The molecule has 3 aromatic carbocycles. The summed E-state index contributed by atoms with van der Waals surface area (Å²) in [7, 11) is 1.40. The highest BCUT2D eigenvalue weighted by Gasteiger charge is 2.17. The zero-order valence-corrected chi connectivity index (χ0v) is 14.6. The number of methoxy groups -OCH3 is 1. The normalized spacial score (nSPS) is 11.6. The van der Waals surface area contributed by atoms with E-state index in [9.17, 15) is 9.90 Å². The summed E-state index contributed by atoms with van der Waals surface area (Å²) in [6.45, 7) is 0. The first kappa shape index (κ1) is 17.5. The van der Waals surface area contributed by atoms with E-state index in [2.05, 4.69) is 0 Å². The van der Waals surface area contributed by atoms with Gasteiger partial charge in [0.1, 0.15) is 5.75 Å². The Labute approximate surface area is 153 Å². The molecule has 26 heavy (non-hydrogen) atoms. The predicted molar refractivity (Wildman–Crippen MR) is 104 cm³/mol. The highest BCUT2D eigenvalue weighted by Crippen LogP contribution is 2.35. The van der Waals surface area contributed by atoms with Crippen LogP contribution in [-0.2, 0) is 9.53 Å². The molecular formula is C23H20O3. The fourth-order valence-electron chi connectivity index (χ4n) is 2.94. The number of carbonyl (C=O) groups excluding carboxylic acids is 1. The third kappa shape index (κ3) is 4.01. The van der Waals surface area contributed by atoms with Crippen LogP contribution in [0.2, 0.25) is 0 Å². The molecule has 3 nitrogen and oxygen atoms in total. The zero-order valence-electron chi connectivity index (χ0n) is 14.6. The van der Waals surface area contributed by atoms with Crippen LogP contribution < -0.4 is 0 Å². The highest BCUT2D eigenvalue weighted by molar-refractivity contribution is 6.03. The maximum Gasteiger partial charge on any atom is 0.310 e. The Morgan fingerprint density at radius 1 is 0.769 bits per heavy atom. The lowest BCUT2D eigenvalue weighted by Gasteiger charge is -2.17. The van der Waals surface area contributed by atoms with Gasteiger partial charge in [-0.25, -0.2) is 0 Å². The molecule has 3 aromatic rings. The molecule has 0 spiro atoms. The molecule has 0 saturated heterocycles. The average molecular weight is 344 g/mol. The van der Waals surface area contributed by atoms with Crippen LogP contribution in [0.1, 0.15) is 23.1 Å². The van der Waals surface area contributed by atoms with Crippen molar-refractivity contribution >= 4 is 17.1 Å². The molecule has 3 rings (SSSR count). The number of hydrogen-bond donors (Lipinski definition) is 1. The van der Waals surface area contributed by atoms with Gasteiger partial charge in [-0.3, -0.25) is 4.79 Å². The van der Waals surface area contributed by atoms with Gasteiger partial charge in [-0.05, 0) is 40.0 Å². The van der Waals surface area contributed by atoms with E-state index in [1.54, 1.807) is 12.1 Å². The summed E-state index contributed by atoms with van der Waals surface area (Å²) < 4.78 is 4.93. The van der Waals surface area contributed by atoms with E-state index < -0.39 is 0 Å². The van der Waals surface area contributed by atoms with Gasteiger partial charge in [-0.15, -0.1) is 0 Å². The quantitative estimate of drug-likeness (QED) is 0.528. The van der Waals surface area contributed by atoms with E-state index in [0.29, 0.717) is 0 Å². The fourth-order valence-corrected chi connectivity index (χ4v) is 2.94. The van der Waals surface area contributed by atoms with Crippen molar-refractivity contribution in [3.63, 3.8) is 0 Å². The van der Waals surface area contributed by atoms with Crippen molar-refractivity contribution in [2.75, 3.05) is 7.11 Å². The predicted octanol–water partition coefficient (Wildman–Crippen LogP) is 4.91. The minimum atomic E-state index is -0.295. The number of ether oxygens (including phenoxy) is 1. The van der Waals surface area contributed by atoms with Crippen molar-refractivity contribution in [1.29, 1.82) is 0 Å². The van der Waals surface area contributed by atoms with Crippen LogP contribution in [0.15, 0.2) is 84.9 Å². The Kier molecular flexibility index (Phi) is 5.49. The van der Waals surface area contributed by atoms with E-state index in [-0.39, 0.29) is 18.1 Å². The van der Waals surface area contributed by atoms with Gasteiger partial charge in [-0.2, -0.15) is 0 Å². The molecule has 0 aliphatic rings. The van der Waals surface area contributed by atoms with Crippen LogP contribution in [0.4, 0.5) is 0 Å². The SMILES string of the molecule is COC(=O)C/C(=C(\c1ccccc1)c1ccc(O)cc1)c1ccccc1. The van der Waals surface area contributed by atoms with Crippen LogP contribution in [0.5, 0.6) is 5.75 Å². The molecule has 0 atom stereocenters. The van der Waals surface area contributed by atoms with Crippen LogP contribution >= 0.6 is 0 Å². The number of carbonyl (C=O) groups is 1. The Hall–Kier alpha value is -3.33. The smallest absolute Gasteiger partial charge is 0.310 e. The molecule has 1 N–H and O–H groups in total. The molecule has 0 radical (unpaired) electrons. The van der Waals surface area contributed by atoms with Gasteiger partial charge in [-0.1, -0.05) is 72.8 Å². The second-order valence-corrected chi connectivity index (χ2v) is 5.89. The van der Waals surface area contributed by atoms with Gasteiger partial charge < -0.3 is 9.84 Å². The summed E-state index contributed by atoms with van der Waals surface area (Å²) >= 11 is 0. The largest absolute Gasteiger partial charge is 0.508 e. The number of phenols is 1. The molecule has 0 aliphatic heterocycles. The summed E-state index contributed by atoms with van der Waals surface area (Å²) in [6.07, 6.45) is 0.158. The lowest BCUT2D eigenvalue weighted by molar-refractivity contribution is -0.139. The second kappa shape index (κ2) is 8.17. The number of hydrogen-bond acceptors (Lipinski definition) is 3. The molecule has 0 saturated carbocycles. The van der Waals surface area contributed by atoms with E-state index in [1.807, 2.05) is 72.8 Å². The maximum absolute atomic E-state index is 12.1. The van der Waals surface area contributed by atoms with E-state index in [4.69, 9.17) is 4.74 Å². The highest BCUT2D eigenvalue weighted by atomic mass is 16.5. The monoisotopic (exact) mass is 344 g/mol. The first-order chi connectivity index (χ1) is 12.7. The summed E-state index contributed by atoms with van der Waals surface area (Å²) in [5, 5.41) is 9.66. The molecule has 0 bridgehead atoms. The summed E-state index contributed by atoms with van der Waals surface area (Å²) in [4.78, 5) is 12.1. The number of benzene rings is 3. The number of rotatable bonds is 5. The summed E-state index contributed by atoms with van der Waals surface area (Å²) in [5.41, 5.74) is 4.72. The third-order valence-electron chi connectivity index (χ3n) is 4.19. The van der Waals surface area contributed by atoms with Crippen molar-refractivity contribution in [3.05, 3.63) is 102 Å². The van der Waals surface area contributed by atoms with Crippen molar-refractivity contribution in [3.8, 4) is 5.75 Å². The van der Waals surface area contributed by atoms with Gasteiger partial charge >= 0.3 is 5.97 Å². The molecule has 0 heterocycles. The molecule has 130 valence electrons. The third-order valence-corrected chi connectivity index (χ3v) is 4.19. The van der Waals surface area contributed by atoms with Crippen LogP contribution in [0.25, 0.3) is 11.1 Å². The minimum absolute atomic E-state index is 0.158. The molecule has 0 unspecified atom stereocenters. The molecule has 0 aliphatic carbocycles. The Morgan fingerprint density at radius 3 is 1.81 bits per heavy atom. The molecule has 0 fully saturated rings. The van der Waals surface area contributed by atoms with Crippen molar-refractivity contribution in [2.24, 2.45) is 0 Å². The second-order valence-electron chi connectivity index (χ2n) is 5.89. The Morgan fingerprint density at radius 2 is 1.27 bits per heavy atom. The van der Waals surface area contributed by atoms with Gasteiger partial charge in [0, 0.05) is 0 Å². The summed E-state index contributed by atoms with van der Waals surface area (Å²) in [6, 6.07) is 26.8. The standard InChI is InChI=1S/C23H20O3/c1-26-22(25)16-21(17-8-4-2-5-9-17)23(18-10-6-3-7-11-18)19-12-14-20(24)15-13-19/h2-15,24H,16H2,1H3/b23-21-. The number of esters is 1. The average Bonchev–Trinajstić information content (AvgIpc) is 2.70. The van der Waals surface area contributed by atoms with Gasteiger partial charge in [0.15, 0.2) is 0 Å². The first-order valence-corrected chi connectivity index (χ1v) is 8.39. The van der Waals surface area contributed by atoms with Crippen LogP contribution in [-0.4, -0.2) is 18.2 Å². The lowest BCUT2D eigenvalue weighted by Crippen LogP contribution is -2.04. The molecule has 3 heteroatoms. The van der Waals surface area contributed by atoms with E-state index in [1.165, 1.54) is 7.11 Å². The van der Waals surface area contributed by atoms with Crippen LogP contribution in [0.3, 0.4) is 0 Å². The van der Waals surface area contributed by atoms with Crippen molar-refractivity contribution in [2.45, 2.75) is 6.42 Å². The van der Waals surface area contributed by atoms with E-state index in [0.717, 1.165) is 27.8 Å². The zero-order chi connectivity index (χ0) is 18.4.